The molecule has 2 aromatic carbocycles. The van der Waals surface area contributed by atoms with Gasteiger partial charge in [0, 0.05) is 23.6 Å². The zero-order valence-corrected chi connectivity index (χ0v) is 11.4. The molecular formula is C16H12ClN3. The molecule has 98 valence electrons. The molecule has 2 N–H and O–H groups in total. The Labute approximate surface area is 121 Å². The fraction of sp³-hybridized carbons (Fsp3) is 0.0625. The molecule has 0 atom stereocenters. The van der Waals surface area contributed by atoms with Crippen molar-refractivity contribution in [1.29, 1.82) is 5.26 Å². The van der Waals surface area contributed by atoms with Crippen LogP contribution in [0, 0.1) is 11.3 Å². The maximum Gasteiger partial charge on any atom is 0.0992 e. The van der Waals surface area contributed by atoms with Crippen molar-refractivity contribution in [3.63, 3.8) is 0 Å². The summed E-state index contributed by atoms with van der Waals surface area (Å²) < 4.78 is 0. The number of nitriles is 1. The summed E-state index contributed by atoms with van der Waals surface area (Å²) in [4.78, 5) is 3.24. The maximum absolute atomic E-state index is 8.92. The molecule has 0 bridgehead atoms. The van der Waals surface area contributed by atoms with Crippen LogP contribution in [0.2, 0.25) is 5.02 Å². The topological polar surface area (TPSA) is 51.6 Å². The zero-order chi connectivity index (χ0) is 13.9. The van der Waals surface area contributed by atoms with Gasteiger partial charge in [-0.05, 0) is 29.8 Å². The lowest BCUT2D eigenvalue weighted by Gasteiger charge is -2.08. The standard InChI is InChI=1S/C16H12ClN3/c17-14-6-5-11(8-18)7-16(14)20-10-12-9-19-15-4-2-1-3-13(12)15/h1-7,9,19-20H,10H2. The Hall–Kier alpha value is -2.44. The van der Waals surface area contributed by atoms with E-state index in [9.17, 15) is 0 Å². The number of rotatable bonds is 3. The molecule has 0 amide bonds. The Morgan fingerprint density at radius 2 is 2.05 bits per heavy atom. The van der Waals surface area contributed by atoms with Crippen molar-refractivity contribution in [2.45, 2.75) is 6.54 Å². The number of aromatic nitrogens is 1. The maximum atomic E-state index is 8.92. The molecule has 3 aromatic rings. The van der Waals surface area contributed by atoms with E-state index >= 15 is 0 Å². The van der Waals surface area contributed by atoms with Gasteiger partial charge in [-0.1, -0.05) is 29.8 Å². The van der Waals surface area contributed by atoms with Crippen LogP contribution in [0.5, 0.6) is 0 Å². The first-order valence-electron chi connectivity index (χ1n) is 6.26. The number of fused-ring (bicyclic) bond motifs is 1. The number of hydrogen-bond donors (Lipinski definition) is 2. The number of nitrogens with one attached hydrogen (secondary N) is 2. The number of aromatic amines is 1. The monoisotopic (exact) mass is 281 g/mol. The number of H-pyrrole nitrogens is 1. The van der Waals surface area contributed by atoms with E-state index in [-0.39, 0.29) is 0 Å². The fourth-order valence-electron chi connectivity index (χ4n) is 2.20. The summed E-state index contributed by atoms with van der Waals surface area (Å²) in [6, 6.07) is 15.5. The van der Waals surface area contributed by atoms with Gasteiger partial charge in [-0.15, -0.1) is 0 Å². The Morgan fingerprint density at radius 1 is 1.20 bits per heavy atom. The summed E-state index contributed by atoms with van der Waals surface area (Å²) in [5, 5.41) is 14.0. The summed E-state index contributed by atoms with van der Waals surface area (Å²) in [6.07, 6.45) is 1.99. The third-order valence-electron chi connectivity index (χ3n) is 3.24. The lowest BCUT2D eigenvalue weighted by Crippen LogP contribution is -1.99. The first kappa shape index (κ1) is 12.6. The molecule has 1 aromatic heterocycles. The third kappa shape index (κ3) is 2.34. The van der Waals surface area contributed by atoms with E-state index in [0.29, 0.717) is 17.1 Å². The smallest absolute Gasteiger partial charge is 0.0992 e. The average molecular weight is 282 g/mol. The number of hydrogen-bond acceptors (Lipinski definition) is 2. The molecular weight excluding hydrogens is 270 g/mol. The van der Waals surface area contributed by atoms with Crippen molar-refractivity contribution in [3.05, 3.63) is 64.8 Å². The van der Waals surface area contributed by atoms with Gasteiger partial charge in [0.05, 0.1) is 22.3 Å². The van der Waals surface area contributed by atoms with Crippen molar-refractivity contribution in [2.75, 3.05) is 5.32 Å². The van der Waals surface area contributed by atoms with Crippen molar-refractivity contribution in [2.24, 2.45) is 0 Å². The highest BCUT2D eigenvalue weighted by Crippen LogP contribution is 2.25. The second-order valence-corrected chi connectivity index (χ2v) is 4.93. The molecule has 0 unspecified atom stereocenters. The van der Waals surface area contributed by atoms with Crippen LogP contribution in [0.4, 0.5) is 5.69 Å². The minimum Gasteiger partial charge on any atom is -0.380 e. The fourth-order valence-corrected chi connectivity index (χ4v) is 2.38. The van der Waals surface area contributed by atoms with Gasteiger partial charge in [-0.25, -0.2) is 0 Å². The van der Waals surface area contributed by atoms with Gasteiger partial charge in [0.25, 0.3) is 0 Å². The predicted octanol–water partition coefficient (Wildman–Crippen LogP) is 4.31. The minimum absolute atomic E-state index is 0.593. The zero-order valence-electron chi connectivity index (χ0n) is 10.7. The van der Waals surface area contributed by atoms with Gasteiger partial charge in [0.15, 0.2) is 0 Å². The van der Waals surface area contributed by atoms with E-state index in [4.69, 9.17) is 16.9 Å². The Balaban J connectivity index is 1.85. The molecule has 0 aliphatic rings. The highest BCUT2D eigenvalue weighted by molar-refractivity contribution is 6.33. The van der Waals surface area contributed by atoms with Gasteiger partial charge in [0.1, 0.15) is 0 Å². The first-order valence-corrected chi connectivity index (χ1v) is 6.64. The summed E-state index contributed by atoms with van der Waals surface area (Å²) in [5.41, 5.74) is 3.65. The molecule has 0 radical (unpaired) electrons. The molecule has 0 fully saturated rings. The largest absolute Gasteiger partial charge is 0.380 e. The van der Waals surface area contributed by atoms with E-state index < -0.39 is 0 Å². The Bertz CT molecular complexity index is 799. The highest BCUT2D eigenvalue weighted by Gasteiger charge is 2.05. The Kier molecular flexibility index (Phi) is 3.32. The van der Waals surface area contributed by atoms with Crippen molar-refractivity contribution < 1.29 is 0 Å². The van der Waals surface area contributed by atoms with Crippen LogP contribution in [0.3, 0.4) is 0 Å². The Morgan fingerprint density at radius 3 is 2.90 bits per heavy atom. The van der Waals surface area contributed by atoms with Crippen LogP contribution in [-0.4, -0.2) is 4.98 Å². The number of nitrogens with zero attached hydrogens (tertiary/aromatic N) is 1. The predicted molar refractivity (Wildman–Crippen MR) is 81.8 cm³/mol. The van der Waals surface area contributed by atoms with Crippen molar-refractivity contribution >= 4 is 28.2 Å². The van der Waals surface area contributed by atoms with E-state index in [1.807, 2.05) is 24.4 Å². The van der Waals surface area contributed by atoms with Gasteiger partial charge in [-0.3, -0.25) is 0 Å². The second kappa shape index (κ2) is 5.28. The molecule has 1 heterocycles. The molecule has 0 spiro atoms. The summed E-state index contributed by atoms with van der Waals surface area (Å²) in [7, 11) is 0. The molecule has 20 heavy (non-hydrogen) atoms. The number of para-hydroxylation sites is 1. The lowest BCUT2D eigenvalue weighted by atomic mass is 10.1. The van der Waals surface area contributed by atoms with E-state index in [0.717, 1.165) is 11.2 Å². The van der Waals surface area contributed by atoms with E-state index in [2.05, 4.69) is 22.4 Å². The summed E-state index contributed by atoms with van der Waals surface area (Å²) >= 11 is 6.13. The molecule has 3 nitrogen and oxygen atoms in total. The number of halogens is 1. The van der Waals surface area contributed by atoms with Crippen LogP contribution in [-0.2, 0) is 6.54 Å². The van der Waals surface area contributed by atoms with Gasteiger partial charge >= 0.3 is 0 Å². The van der Waals surface area contributed by atoms with Crippen LogP contribution in [0.1, 0.15) is 11.1 Å². The van der Waals surface area contributed by atoms with Crippen LogP contribution in [0.25, 0.3) is 10.9 Å². The van der Waals surface area contributed by atoms with Gasteiger partial charge in [-0.2, -0.15) is 5.26 Å². The molecule has 0 aliphatic heterocycles. The van der Waals surface area contributed by atoms with Crippen LogP contribution in [0.15, 0.2) is 48.7 Å². The SMILES string of the molecule is N#Cc1ccc(Cl)c(NCc2c[nH]c3ccccc23)c1. The third-order valence-corrected chi connectivity index (χ3v) is 3.57. The van der Waals surface area contributed by atoms with Gasteiger partial charge in [0.2, 0.25) is 0 Å². The summed E-state index contributed by atoms with van der Waals surface area (Å²) in [5.74, 6) is 0. The normalized spacial score (nSPS) is 10.4. The second-order valence-electron chi connectivity index (χ2n) is 4.52. The van der Waals surface area contributed by atoms with Crippen LogP contribution < -0.4 is 5.32 Å². The van der Waals surface area contributed by atoms with E-state index in [1.165, 1.54) is 10.9 Å². The molecule has 0 saturated heterocycles. The van der Waals surface area contributed by atoms with Gasteiger partial charge < -0.3 is 10.3 Å². The molecule has 0 saturated carbocycles. The number of anilines is 1. The summed E-state index contributed by atoms with van der Waals surface area (Å²) in [6.45, 7) is 0.651. The average Bonchev–Trinajstić information content (AvgIpc) is 2.90. The first-order chi connectivity index (χ1) is 9.78. The van der Waals surface area contributed by atoms with Crippen LogP contribution >= 0.6 is 11.6 Å². The van der Waals surface area contributed by atoms with Crippen molar-refractivity contribution in [1.82, 2.24) is 4.98 Å². The highest BCUT2D eigenvalue weighted by atomic mass is 35.5. The molecule has 0 aliphatic carbocycles. The number of benzene rings is 2. The molecule has 4 heteroatoms. The van der Waals surface area contributed by atoms with E-state index in [1.54, 1.807) is 18.2 Å². The quantitative estimate of drug-likeness (QED) is 0.752. The molecule has 3 rings (SSSR count). The van der Waals surface area contributed by atoms with Crippen molar-refractivity contribution in [3.8, 4) is 6.07 Å². The lowest BCUT2D eigenvalue weighted by molar-refractivity contribution is 1.16. The minimum atomic E-state index is 0.593.